The van der Waals surface area contributed by atoms with Gasteiger partial charge in [0.1, 0.15) is 5.75 Å². The number of sulfonamides is 1. The summed E-state index contributed by atoms with van der Waals surface area (Å²) in [5, 5.41) is 0. The third kappa shape index (κ3) is 3.96. The van der Waals surface area contributed by atoms with E-state index in [4.69, 9.17) is 4.74 Å². The van der Waals surface area contributed by atoms with Crippen molar-refractivity contribution in [2.24, 2.45) is 0 Å². The molecule has 0 spiro atoms. The zero-order valence-corrected chi connectivity index (χ0v) is 16.1. The van der Waals surface area contributed by atoms with E-state index in [2.05, 4.69) is 19.6 Å². The number of ether oxygens (including phenoxy) is 1. The zero-order chi connectivity index (χ0) is 18.7. The van der Waals surface area contributed by atoms with Gasteiger partial charge in [0, 0.05) is 31.5 Å². The van der Waals surface area contributed by atoms with Crippen LogP contribution in [0, 0.1) is 13.8 Å². The first-order valence-electron chi connectivity index (χ1n) is 8.60. The summed E-state index contributed by atoms with van der Waals surface area (Å²) in [4.78, 5) is 10.9. The fraction of sp³-hybridized carbons (Fsp3) is 0.444. The lowest BCUT2D eigenvalue weighted by atomic mass is 10.1. The average molecular weight is 376 g/mol. The highest BCUT2D eigenvalue weighted by Gasteiger charge is 2.27. The van der Waals surface area contributed by atoms with Gasteiger partial charge in [-0.25, -0.2) is 23.1 Å². The van der Waals surface area contributed by atoms with Crippen molar-refractivity contribution in [1.82, 2.24) is 14.7 Å². The molecule has 0 radical (unpaired) electrons. The number of nitrogens with one attached hydrogen (secondary N) is 1. The van der Waals surface area contributed by atoms with Crippen molar-refractivity contribution in [3.8, 4) is 5.75 Å². The Labute approximate surface area is 154 Å². The van der Waals surface area contributed by atoms with E-state index in [0.717, 1.165) is 13.1 Å². The first kappa shape index (κ1) is 18.6. The molecular weight excluding hydrogens is 352 g/mol. The van der Waals surface area contributed by atoms with Gasteiger partial charge in [-0.15, -0.1) is 0 Å². The number of piperidine rings is 1. The van der Waals surface area contributed by atoms with Crippen LogP contribution in [-0.2, 0) is 10.0 Å². The molecule has 1 aromatic heterocycles. The van der Waals surface area contributed by atoms with Crippen LogP contribution in [0.1, 0.15) is 24.0 Å². The van der Waals surface area contributed by atoms with Gasteiger partial charge >= 0.3 is 0 Å². The second-order valence-corrected chi connectivity index (χ2v) is 8.17. The van der Waals surface area contributed by atoms with Gasteiger partial charge < -0.3 is 9.64 Å². The smallest absolute Gasteiger partial charge is 0.241 e. The molecule has 0 bridgehead atoms. The zero-order valence-electron chi connectivity index (χ0n) is 15.3. The average Bonchev–Trinajstić information content (AvgIpc) is 2.61. The summed E-state index contributed by atoms with van der Waals surface area (Å²) in [6.07, 6.45) is 4.86. The van der Waals surface area contributed by atoms with Crippen molar-refractivity contribution >= 4 is 16.0 Å². The molecule has 140 valence electrons. The van der Waals surface area contributed by atoms with Crippen LogP contribution in [0.5, 0.6) is 5.75 Å². The predicted octanol–water partition coefficient (Wildman–Crippen LogP) is 2.05. The molecule has 0 aliphatic carbocycles. The van der Waals surface area contributed by atoms with Gasteiger partial charge in [0.05, 0.1) is 12.0 Å². The SMILES string of the molecule is COc1cc(C)c(S(=O)(=O)NC2CCN(c3ncccn3)CC2)c(C)c1. The van der Waals surface area contributed by atoms with E-state index in [9.17, 15) is 8.42 Å². The summed E-state index contributed by atoms with van der Waals surface area (Å²) >= 11 is 0. The van der Waals surface area contributed by atoms with Crippen LogP contribution in [0.2, 0.25) is 0 Å². The van der Waals surface area contributed by atoms with Crippen LogP contribution < -0.4 is 14.4 Å². The van der Waals surface area contributed by atoms with Crippen LogP contribution in [0.25, 0.3) is 0 Å². The second kappa shape index (κ2) is 7.59. The summed E-state index contributed by atoms with van der Waals surface area (Å²) < 4.78 is 33.9. The molecule has 0 saturated carbocycles. The highest BCUT2D eigenvalue weighted by atomic mass is 32.2. The van der Waals surface area contributed by atoms with Crippen molar-refractivity contribution in [3.05, 3.63) is 41.7 Å². The Kier molecular flexibility index (Phi) is 5.43. The van der Waals surface area contributed by atoms with E-state index in [-0.39, 0.29) is 6.04 Å². The van der Waals surface area contributed by atoms with E-state index in [1.54, 1.807) is 51.6 Å². The number of hydrogen-bond acceptors (Lipinski definition) is 6. The van der Waals surface area contributed by atoms with Gasteiger partial charge in [-0.3, -0.25) is 0 Å². The Morgan fingerprint density at radius 3 is 2.23 bits per heavy atom. The lowest BCUT2D eigenvalue weighted by Gasteiger charge is -2.32. The highest BCUT2D eigenvalue weighted by molar-refractivity contribution is 7.89. The molecule has 2 heterocycles. The second-order valence-electron chi connectivity index (χ2n) is 6.52. The molecule has 26 heavy (non-hydrogen) atoms. The first-order chi connectivity index (χ1) is 12.4. The standard InChI is InChI=1S/C18H24N4O3S/c1-13-11-16(25-3)12-14(2)17(13)26(23,24)21-15-5-9-22(10-6-15)18-19-7-4-8-20-18/h4,7-8,11-12,15,21H,5-6,9-10H2,1-3H3. The topological polar surface area (TPSA) is 84.4 Å². The van der Waals surface area contributed by atoms with Gasteiger partial charge in [0.15, 0.2) is 0 Å². The van der Waals surface area contributed by atoms with Crippen molar-refractivity contribution in [2.45, 2.75) is 37.6 Å². The molecule has 1 saturated heterocycles. The molecule has 1 fully saturated rings. The highest BCUT2D eigenvalue weighted by Crippen LogP contribution is 2.26. The maximum atomic E-state index is 12.9. The minimum Gasteiger partial charge on any atom is -0.497 e. The summed E-state index contributed by atoms with van der Waals surface area (Å²) in [6.45, 7) is 5.02. The number of anilines is 1. The fourth-order valence-electron chi connectivity index (χ4n) is 3.38. The number of nitrogens with zero attached hydrogens (tertiary/aromatic N) is 3. The third-order valence-corrected chi connectivity index (χ3v) is 6.42. The minimum absolute atomic E-state index is 0.0964. The Morgan fingerprint density at radius 2 is 1.69 bits per heavy atom. The number of methoxy groups -OCH3 is 1. The number of rotatable bonds is 5. The van der Waals surface area contributed by atoms with Crippen LogP contribution >= 0.6 is 0 Å². The van der Waals surface area contributed by atoms with Gasteiger partial charge in [0.25, 0.3) is 0 Å². The number of hydrogen-bond donors (Lipinski definition) is 1. The molecule has 7 nitrogen and oxygen atoms in total. The molecule has 1 N–H and O–H groups in total. The Hall–Kier alpha value is -2.19. The normalized spacial score (nSPS) is 15.9. The van der Waals surface area contributed by atoms with Crippen LogP contribution in [-0.4, -0.2) is 44.6 Å². The van der Waals surface area contributed by atoms with E-state index >= 15 is 0 Å². The molecule has 0 atom stereocenters. The van der Waals surface area contributed by atoms with Crippen LogP contribution in [0.4, 0.5) is 5.95 Å². The molecule has 1 aliphatic rings. The van der Waals surface area contributed by atoms with Crippen molar-refractivity contribution in [2.75, 3.05) is 25.1 Å². The molecule has 3 rings (SSSR count). The Balaban J connectivity index is 1.70. The quantitative estimate of drug-likeness (QED) is 0.860. The number of aromatic nitrogens is 2. The molecule has 8 heteroatoms. The van der Waals surface area contributed by atoms with Crippen molar-refractivity contribution < 1.29 is 13.2 Å². The monoisotopic (exact) mass is 376 g/mol. The first-order valence-corrected chi connectivity index (χ1v) is 10.1. The van der Waals surface area contributed by atoms with E-state index in [1.807, 2.05) is 0 Å². The predicted molar refractivity (Wildman–Crippen MR) is 100 cm³/mol. The third-order valence-electron chi connectivity index (χ3n) is 4.59. The summed E-state index contributed by atoms with van der Waals surface area (Å²) in [5.41, 5.74) is 1.37. The fourth-order valence-corrected chi connectivity index (χ4v) is 5.14. The van der Waals surface area contributed by atoms with Gasteiger partial charge in [-0.05, 0) is 56.0 Å². The van der Waals surface area contributed by atoms with Crippen LogP contribution in [0.3, 0.4) is 0 Å². The van der Waals surface area contributed by atoms with E-state index < -0.39 is 10.0 Å². The Bertz CT molecular complexity index is 840. The maximum Gasteiger partial charge on any atom is 0.241 e. The molecule has 0 amide bonds. The largest absolute Gasteiger partial charge is 0.497 e. The minimum atomic E-state index is -3.58. The number of aryl methyl sites for hydroxylation is 2. The summed E-state index contributed by atoms with van der Waals surface area (Å²) in [5.74, 6) is 1.35. The van der Waals surface area contributed by atoms with Crippen molar-refractivity contribution in [3.63, 3.8) is 0 Å². The molecule has 1 aliphatic heterocycles. The molecule has 0 unspecified atom stereocenters. The summed E-state index contributed by atoms with van der Waals surface area (Å²) in [7, 11) is -2.01. The molecular formula is C18H24N4O3S. The summed E-state index contributed by atoms with van der Waals surface area (Å²) in [6, 6.07) is 5.18. The maximum absolute atomic E-state index is 12.9. The van der Waals surface area contributed by atoms with E-state index in [0.29, 0.717) is 40.6 Å². The van der Waals surface area contributed by atoms with Gasteiger partial charge in [-0.1, -0.05) is 0 Å². The lowest BCUT2D eigenvalue weighted by molar-refractivity contribution is 0.413. The lowest BCUT2D eigenvalue weighted by Crippen LogP contribution is -2.45. The molecule has 1 aromatic carbocycles. The Morgan fingerprint density at radius 1 is 1.12 bits per heavy atom. The molecule has 2 aromatic rings. The van der Waals surface area contributed by atoms with Gasteiger partial charge in [-0.2, -0.15) is 0 Å². The number of benzene rings is 1. The van der Waals surface area contributed by atoms with Crippen LogP contribution in [0.15, 0.2) is 35.5 Å². The van der Waals surface area contributed by atoms with Gasteiger partial charge in [0.2, 0.25) is 16.0 Å². The van der Waals surface area contributed by atoms with E-state index in [1.165, 1.54) is 0 Å². The van der Waals surface area contributed by atoms with Crippen molar-refractivity contribution in [1.29, 1.82) is 0 Å².